The first-order valence-electron chi connectivity index (χ1n) is 7.97. The minimum absolute atomic E-state index is 0.312. The average Bonchev–Trinajstić information content (AvgIpc) is 3.07. The molecule has 124 valence electrons. The van der Waals surface area contributed by atoms with Crippen LogP contribution in [0.1, 0.15) is 21.7 Å². The van der Waals surface area contributed by atoms with Gasteiger partial charge in [0.2, 0.25) is 5.95 Å². The fraction of sp³-hybridized carbons (Fsp3) is 0.222. The Morgan fingerprint density at radius 2 is 2.08 bits per heavy atom. The standard InChI is InChI=1S/C18H16N6S/c1-11-3-4-15(25-11)16-12(9-19)17(20)23-14-5-8-24(10-13(14)16)18-21-6-2-7-22-18/h2-4,6-7H,5,8,10H2,1H3,(H2,20,23). The molecule has 3 aromatic heterocycles. The van der Waals surface area contributed by atoms with Gasteiger partial charge in [0.25, 0.3) is 0 Å². The van der Waals surface area contributed by atoms with Crippen molar-refractivity contribution in [3.8, 4) is 16.5 Å². The lowest BCUT2D eigenvalue weighted by Gasteiger charge is -2.30. The van der Waals surface area contributed by atoms with Crippen LogP contribution in [0.15, 0.2) is 30.6 Å². The van der Waals surface area contributed by atoms with E-state index in [9.17, 15) is 5.26 Å². The molecule has 1 aliphatic heterocycles. The smallest absolute Gasteiger partial charge is 0.225 e. The topological polar surface area (TPSA) is 91.7 Å². The number of anilines is 2. The molecular formula is C18H16N6S. The number of aromatic nitrogens is 3. The van der Waals surface area contributed by atoms with Crippen molar-refractivity contribution < 1.29 is 0 Å². The Morgan fingerprint density at radius 1 is 1.28 bits per heavy atom. The molecule has 0 fully saturated rings. The highest BCUT2D eigenvalue weighted by molar-refractivity contribution is 7.15. The number of hydrogen-bond donors (Lipinski definition) is 1. The summed E-state index contributed by atoms with van der Waals surface area (Å²) in [5, 5.41) is 9.65. The summed E-state index contributed by atoms with van der Waals surface area (Å²) in [6, 6.07) is 8.16. The van der Waals surface area contributed by atoms with E-state index < -0.39 is 0 Å². The van der Waals surface area contributed by atoms with Crippen molar-refractivity contribution in [2.24, 2.45) is 0 Å². The van der Waals surface area contributed by atoms with Crippen LogP contribution in [-0.2, 0) is 13.0 Å². The Kier molecular flexibility index (Phi) is 3.82. The molecule has 2 N–H and O–H groups in total. The van der Waals surface area contributed by atoms with Crippen molar-refractivity contribution in [3.05, 3.63) is 52.3 Å². The van der Waals surface area contributed by atoms with Crippen molar-refractivity contribution in [1.29, 1.82) is 5.26 Å². The third-order valence-electron chi connectivity index (χ3n) is 4.31. The summed E-state index contributed by atoms with van der Waals surface area (Å²) < 4.78 is 0. The number of nitrogen functional groups attached to an aromatic ring is 1. The third-order valence-corrected chi connectivity index (χ3v) is 5.33. The first kappa shape index (κ1) is 15.5. The first-order valence-corrected chi connectivity index (χ1v) is 8.79. The van der Waals surface area contributed by atoms with E-state index in [0.717, 1.165) is 34.7 Å². The van der Waals surface area contributed by atoms with E-state index in [2.05, 4.69) is 38.9 Å². The Labute approximate surface area is 149 Å². The number of fused-ring (bicyclic) bond motifs is 1. The fourth-order valence-electron chi connectivity index (χ4n) is 3.16. The van der Waals surface area contributed by atoms with Gasteiger partial charge < -0.3 is 10.6 Å². The summed E-state index contributed by atoms with van der Waals surface area (Å²) in [6.45, 7) is 3.45. The van der Waals surface area contributed by atoms with E-state index in [-0.39, 0.29) is 0 Å². The molecule has 0 unspecified atom stereocenters. The predicted octanol–water partition coefficient (Wildman–Crippen LogP) is 2.93. The Hall–Kier alpha value is -2.98. The lowest BCUT2D eigenvalue weighted by atomic mass is 9.95. The molecule has 7 heteroatoms. The largest absolute Gasteiger partial charge is 0.383 e. The van der Waals surface area contributed by atoms with Gasteiger partial charge in [-0.25, -0.2) is 15.0 Å². The van der Waals surface area contributed by atoms with Gasteiger partial charge in [-0.1, -0.05) is 0 Å². The maximum absolute atomic E-state index is 9.65. The van der Waals surface area contributed by atoms with Crippen LogP contribution in [0.25, 0.3) is 10.4 Å². The number of nitrogens with zero attached hydrogens (tertiary/aromatic N) is 5. The second kappa shape index (κ2) is 6.15. The number of hydrogen-bond acceptors (Lipinski definition) is 7. The highest BCUT2D eigenvalue weighted by atomic mass is 32.1. The Bertz CT molecular complexity index is 973. The highest BCUT2D eigenvalue weighted by Crippen LogP contribution is 2.38. The van der Waals surface area contributed by atoms with E-state index in [1.807, 2.05) is 6.07 Å². The minimum atomic E-state index is 0.312. The summed E-state index contributed by atoms with van der Waals surface area (Å²) in [6.07, 6.45) is 4.23. The van der Waals surface area contributed by atoms with Crippen molar-refractivity contribution in [2.75, 3.05) is 17.2 Å². The van der Waals surface area contributed by atoms with Crippen molar-refractivity contribution in [3.63, 3.8) is 0 Å². The molecule has 0 saturated carbocycles. The molecular weight excluding hydrogens is 332 g/mol. The van der Waals surface area contributed by atoms with E-state index >= 15 is 0 Å². The van der Waals surface area contributed by atoms with Crippen LogP contribution >= 0.6 is 11.3 Å². The van der Waals surface area contributed by atoms with Gasteiger partial charge in [0.15, 0.2) is 0 Å². The molecule has 0 bridgehead atoms. The molecule has 0 aromatic carbocycles. The van der Waals surface area contributed by atoms with E-state index in [1.54, 1.807) is 29.8 Å². The number of nitriles is 1. The van der Waals surface area contributed by atoms with E-state index in [4.69, 9.17) is 5.73 Å². The lowest BCUT2D eigenvalue weighted by molar-refractivity contribution is 0.693. The molecule has 0 amide bonds. The maximum atomic E-state index is 9.65. The van der Waals surface area contributed by atoms with Crippen molar-refractivity contribution in [1.82, 2.24) is 15.0 Å². The minimum Gasteiger partial charge on any atom is -0.383 e. The summed E-state index contributed by atoms with van der Waals surface area (Å²) in [7, 11) is 0. The number of aryl methyl sites for hydroxylation is 1. The second-order valence-corrected chi connectivity index (χ2v) is 7.20. The van der Waals surface area contributed by atoms with Crippen LogP contribution in [0.5, 0.6) is 0 Å². The van der Waals surface area contributed by atoms with Crippen LogP contribution < -0.4 is 10.6 Å². The molecule has 3 aromatic rings. The zero-order valence-corrected chi connectivity index (χ0v) is 14.5. The van der Waals surface area contributed by atoms with Crippen molar-refractivity contribution >= 4 is 23.1 Å². The van der Waals surface area contributed by atoms with Gasteiger partial charge in [0.05, 0.1) is 5.69 Å². The summed E-state index contributed by atoms with van der Waals surface area (Å²) in [4.78, 5) is 17.6. The van der Waals surface area contributed by atoms with Crippen LogP contribution in [0.2, 0.25) is 0 Å². The first-order chi connectivity index (χ1) is 12.2. The predicted molar refractivity (Wildman–Crippen MR) is 98.2 cm³/mol. The van der Waals surface area contributed by atoms with Gasteiger partial charge in [-0.15, -0.1) is 11.3 Å². The number of rotatable bonds is 2. The molecule has 6 nitrogen and oxygen atoms in total. The molecule has 4 heterocycles. The molecule has 25 heavy (non-hydrogen) atoms. The zero-order chi connectivity index (χ0) is 17.4. The monoisotopic (exact) mass is 348 g/mol. The van der Waals surface area contributed by atoms with Crippen LogP contribution in [0.4, 0.5) is 11.8 Å². The van der Waals surface area contributed by atoms with E-state index in [1.165, 1.54) is 4.88 Å². The van der Waals surface area contributed by atoms with Crippen LogP contribution in [0, 0.1) is 18.3 Å². The summed E-state index contributed by atoms with van der Waals surface area (Å²) in [5.41, 5.74) is 9.45. The van der Waals surface area contributed by atoms with Gasteiger partial charge in [0, 0.05) is 52.8 Å². The fourth-order valence-corrected chi connectivity index (χ4v) is 4.11. The van der Waals surface area contributed by atoms with Crippen molar-refractivity contribution in [2.45, 2.75) is 19.9 Å². The van der Waals surface area contributed by atoms with Gasteiger partial charge in [-0.2, -0.15) is 5.26 Å². The molecule has 1 aliphatic rings. The van der Waals surface area contributed by atoms with Gasteiger partial charge in [-0.05, 0) is 25.1 Å². The molecule has 0 aliphatic carbocycles. The van der Waals surface area contributed by atoms with Gasteiger partial charge in [-0.3, -0.25) is 0 Å². The number of nitrogens with two attached hydrogens (primary N) is 1. The molecule has 0 atom stereocenters. The third kappa shape index (κ3) is 2.71. The Morgan fingerprint density at radius 3 is 2.76 bits per heavy atom. The summed E-state index contributed by atoms with van der Waals surface area (Å²) >= 11 is 1.66. The van der Waals surface area contributed by atoms with E-state index in [0.29, 0.717) is 23.9 Å². The SMILES string of the molecule is Cc1ccc(-c2c(C#N)c(N)nc3c2CN(c2ncccn2)CC3)s1. The Balaban J connectivity index is 1.87. The molecule has 0 saturated heterocycles. The molecule has 4 rings (SSSR count). The highest BCUT2D eigenvalue weighted by Gasteiger charge is 2.26. The average molecular weight is 348 g/mol. The number of pyridine rings is 1. The normalized spacial score (nSPS) is 13.4. The lowest BCUT2D eigenvalue weighted by Crippen LogP contribution is -2.33. The van der Waals surface area contributed by atoms with Gasteiger partial charge in [0.1, 0.15) is 17.5 Å². The van der Waals surface area contributed by atoms with Crippen LogP contribution in [0.3, 0.4) is 0 Å². The molecule has 0 radical (unpaired) electrons. The summed E-state index contributed by atoms with van der Waals surface area (Å²) in [5.74, 6) is 1.00. The van der Waals surface area contributed by atoms with Gasteiger partial charge >= 0.3 is 0 Å². The maximum Gasteiger partial charge on any atom is 0.225 e. The zero-order valence-electron chi connectivity index (χ0n) is 13.7. The second-order valence-electron chi connectivity index (χ2n) is 5.91. The molecule has 0 spiro atoms. The number of thiophene rings is 1. The quantitative estimate of drug-likeness (QED) is 0.765. The van der Waals surface area contributed by atoms with Crippen LogP contribution in [-0.4, -0.2) is 21.5 Å².